The number of hydrogen-bond acceptors (Lipinski definition) is 5. The van der Waals surface area contributed by atoms with E-state index in [4.69, 9.17) is 5.73 Å². The molecule has 0 bridgehead atoms. The molecule has 3 heterocycles. The van der Waals surface area contributed by atoms with Crippen molar-refractivity contribution in [1.82, 2.24) is 19.7 Å². The zero-order chi connectivity index (χ0) is 20.8. The van der Waals surface area contributed by atoms with Gasteiger partial charge in [-0.05, 0) is 43.9 Å². The summed E-state index contributed by atoms with van der Waals surface area (Å²) >= 11 is 0. The first-order valence-corrected chi connectivity index (χ1v) is 9.14. The highest BCUT2D eigenvalue weighted by Crippen LogP contribution is 2.32. The number of fused-ring (bicyclic) bond motifs is 1. The summed E-state index contributed by atoms with van der Waals surface area (Å²) in [6.07, 6.45) is 1.42. The maximum atomic E-state index is 12.9. The summed E-state index contributed by atoms with van der Waals surface area (Å²) < 4.78 is 40.6. The number of halogens is 3. The largest absolute Gasteiger partial charge is 0.433 e. The second-order valence-electron chi connectivity index (χ2n) is 7.15. The summed E-state index contributed by atoms with van der Waals surface area (Å²) in [5, 5.41) is 14.9. The van der Waals surface area contributed by atoms with Crippen LogP contribution in [0.2, 0.25) is 0 Å². The zero-order valence-corrected chi connectivity index (χ0v) is 15.2. The fourth-order valence-corrected chi connectivity index (χ4v) is 3.62. The summed E-state index contributed by atoms with van der Waals surface area (Å²) in [7, 11) is 0. The van der Waals surface area contributed by atoms with Crippen LogP contribution in [-0.2, 0) is 6.18 Å². The van der Waals surface area contributed by atoms with E-state index in [9.17, 15) is 23.1 Å². The van der Waals surface area contributed by atoms with E-state index in [0.717, 1.165) is 30.4 Å². The van der Waals surface area contributed by atoms with Gasteiger partial charge < -0.3 is 10.8 Å². The predicted molar refractivity (Wildman–Crippen MR) is 97.8 cm³/mol. The Kier molecular flexibility index (Phi) is 4.73. The standard InChI is InChI=1S/C19H18F3N5O2/c20-19(21,22)16-6-5-13(17(25-16)18(23)29)14-7-10-9-27(26-15(10)8-24-14)11-1-3-12(28)4-2-11/h5-9,11-12,28H,1-4H2,(H2,23,29). The van der Waals surface area contributed by atoms with Crippen LogP contribution in [0.25, 0.3) is 22.2 Å². The van der Waals surface area contributed by atoms with Gasteiger partial charge in [-0.3, -0.25) is 14.5 Å². The monoisotopic (exact) mass is 405 g/mol. The summed E-state index contributed by atoms with van der Waals surface area (Å²) in [5.74, 6) is -1.07. The van der Waals surface area contributed by atoms with Gasteiger partial charge in [0.05, 0.1) is 24.0 Å². The average molecular weight is 405 g/mol. The third-order valence-electron chi connectivity index (χ3n) is 5.14. The van der Waals surface area contributed by atoms with Gasteiger partial charge in [0.1, 0.15) is 16.9 Å². The number of carbonyl (C=O) groups excluding carboxylic acids is 1. The predicted octanol–water partition coefficient (Wildman–Crippen LogP) is 3.09. The summed E-state index contributed by atoms with van der Waals surface area (Å²) in [6, 6.07) is 3.76. The first-order chi connectivity index (χ1) is 13.7. The quantitative estimate of drug-likeness (QED) is 0.696. The molecule has 3 aromatic rings. The number of nitrogens with two attached hydrogens (primary N) is 1. The van der Waals surface area contributed by atoms with Crippen LogP contribution in [0.4, 0.5) is 13.2 Å². The lowest BCUT2D eigenvalue weighted by Gasteiger charge is -2.25. The van der Waals surface area contributed by atoms with Crippen molar-refractivity contribution in [3.05, 3.63) is 42.0 Å². The van der Waals surface area contributed by atoms with Crippen molar-refractivity contribution in [3.8, 4) is 11.3 Å². The molecule has 0 unspecified atom stereocenters. The zero-order valence-electron chi connectivity index (χ0n) is 15.2. The molecule has 4 rings (SSSR count). The number of primary amides is 1. The topological polar surface area (TPSA) is 107 Å². The van der Waals surface area contributed by atoms with Crippen LogP contribution in [0, 0.1) is 0 Å². The number of aliphatic hydroxyl groups is 1. The molecule has 0 atom stereocenters. The van der Waals surface area contributed by atoms with Crippen LogP contribution in [0.1, 0.15) is 47.9 Å². The van der Waals surface area contributed by atoms with Crippen molar-refractivity contribution in [2.24, 2.45) is 5.73 Å². The highest BCUT2D eigenvalue weighted by molar-refractivity contribution is 5.98. The lowest BCUT2D eigenvalue weighted by Crippen LogP contribution is -2.21. The maximum Gasteiger partial charge on any atom is 0.433 e. The number of amides is 1. The molecule has 0 spiro atoms. The Labute approximate surface area is 163 Å². The Morgan fingerprint density at radius 1 is 1.21 bits per heavy atom. The van der Waals surface area contributed by atoms with Gasteiger partial charge in [0.15, 0.2) is 0 Å². The van der Waals surface area contributed by atoms with Crippen molar-refractivity contribution >= 4 is 16.8 Å². The van der Waals surface area contributed by atoms with Gasteiger partial charge in [-0.1, -0.05) is 0 Å². The van der Waals surface area contributed by atoms with Crippen LogP contribution in [0.5, 0.6) is 0 Å². The van der Waals surface area contributed by atoms with Gasteiger partial charge in [-0.15, -0.1) is 0 Å². The number of alkyl halides is 3. The van der Waals surface area contributed by atoms with Gasteiger partial charge in [0, 0.05) is 17.1 Å². The first kappa shape index (κ1) is 19.3. The molecule has 0 saturated heterocycles. The summed E-state index contributed by atoms with van der Waals surface area (Å²) in [4.78, 5) is 19.3. The number of rotatable bonds is 3. The minimum atomic E-state index is -4.69. The van der Waals surface area contributed by atoms with Gasteiger partial charge >= 0.3 is 6.18 Å². The Balaban J connectivity index is 1.72. The molecule has 0 aromatic carbocycles. The molecule has 1 fully saturated rings. The average Bonchev–Trinajstić information content (AvgIpc) is 3.10. The van der Waals surface area contributed by atoms with E-state index in [1.54, 1.807) is 6.07 Å². The second kappa shape index (κ2) is 7.11. The van der Waals surface area contributed by atoms with E-state index in [0.29, 0.717) is 18.4 Å². The van der Waals surface area contributed by atoms with Crippen LogP contribution in [-0.4, -0.2) is 36.9 Å². The molecule has 152 valence electrons. The van der Waals surface area contributed by atoms with E-state index < -0.39 is 23.5 Å². The van der Waals surface area contributed by atoms with E-state index in [-0.39, 0.29) is 23.4 Å². The highest BCUT2D eigenvalue weighted by Gasteiger charge is 2.34. The molecule has 10 heteroatoms. The van der Waals surface area contributed by atoms with Crippen LogP contribution in [0.3, 0.4) is 0 Å². The van der Waals surface area contributed by atoms with E-state index in [2.05, 4.69) is 15.1 Å². The highest BCUT2D eigenvalue weighted by atomic mass is 19.4. The van der Waals surface area contributed by atoms with E-state index in [1.807, 2.05) is 10.9 Å². The number of aromatic nitrogens is 4. The van der Waals surface area contributed by atoms with Crippen molar-refractivity contribution in [3.63, 3.8) is 0 Å². The minimum absolute atomic E-state index is 0.126. The number of pyridine rings is 2. The normalized spacial score (nSPS) is 20.1. The summed E-state index contributed by atoms with van der Waals surface area (Å²) in [6.45, 7) is 0. The van der Waals surface area contributed by atoms with Gasteiger partial charge in [-0.2, -0.15) is 18.3 Å². The number of hydrogen-bond donors (Lipinski definition) is 2. The molecule has 3 N–H and O–H groups in total. The third kappa shape index (κ3) is 3.80. The fourth-order valence-electron chi connectivity index (χ4n) is 3.62. The molecule has 1 aliphatic carbocycles. The van der Waals surface area contributed by atoms with Crippen LogP contribution in [0.15, 0.2) is 30.6 Å². The van der Waals surface area contributed by atoms with Crippen molar-refractivity contribution in [1.29, 1.82) is 0 Å². The molecule has 29 heavy (non-hydrogen) atoms. The van der Waals surface area contributed by atoms with Crippen molar-refractivity contribution < 1.29 is 23.1 Å². The fraction of sp³-hybridized carbons (Fsp3) is 0.368. The van der Waals surface area contributed by atoms with Crippen LogP contribution >= 0.6 is 0 Å². The molecule has 3 aromatic heterocycles. The number of aliphatic hydroxyl groups excluding tert-OH is 1. The maximum absolute atomic E-state index is 12.9. The van der Waals surface area contributed by atoms with E-state index >= 15 is 0 Å². The van der Waals surface area contributed by atoms with Crippen molar-refractivity contribution in [2.45, 2.75) is 44.0 Å². The van der Waals surface area contributed by atoms with Crippen molar-refractivity contribution in [2.75, 3.05) is 0 Å². The van der Waals surface area contributed by atoms with Gasteiger partial charge in [-0.25, -0.2) is 4.98 Å². The molecule has 1 aliphatic rings. The molecule has 7 nitrogen and oxygen atoms in total. The summed E-state index contributed by atoms with van der Waals surface area (Å²) in [5.41, 5.74) is 4.61. The van der Waals surface area contributed by atoms with Gasteiger partial charge in [0.25, 0.3) is 5.91 Å². The SMILES string of the molecule is NC(=O)c1nc(C(F)(F)F)ccc1-c1cc2cn(C3CCC(O)CC3)nc2cn1. The van der Waals surface area contributed by atoms with E-state index in [1.165, 1.54) is 6.20 Å². The molecule has 1 amide bonds. The lowest BCUT2D eigenvalue weighted by atomic mass is 9.93. The first-order valence-electron chi connectivity index (χ1n) is 9.14. The molecule has 1 saturated carbocycles. The Hall–Kier alpha value is -3.01. The third-order valence-corrected chi connectivity index (χ3v) is 5.14. The molecule has 0 radical (unpaired) electrons. The van der Waals surface area contributed by atoms with Crippen LogP contribution < -0.4 is 5.73 Å². The van der Waals surface area contributed by atoms with Gasteiger partial charge in [0.2, 0.25) is 0 Å². The lowest BCUT2D eigenvalue weighted by molar-refractivity contribution is -0.141. The second-order valence-corrected chi connectivity index (χ2v) is 7.15. The Bertz CT molecular complexity index is 1070. The number of nitrogens with zero attached hydrogens (tertiary/aromatic N) is 4. The smallest absolute Gasteiger partial charge is 0.393 e. The molecule has 0 aliphatic heterocycles. The number of carbonyl (C=O) groups is 1. The molecular formula is C19H18F3N5O2. The Morgan fingerprint density at radius 3 is 2.59 bits per heavy atom. The molecular weight excluding hydrogens is 387 g/mol. The minimum Gasteiger partial charge on any atom is -0.393 e. The Morgan fingerprint density at radius 2 is 1.93 bits per heavy atom.